The van der Waals surface area contributed by atoms with E-state index < -0.39 is 11.6 Å². The Morgan fingerprint density at radius 2 is 2.10 bits per heavy atom. The van der Waals surface area contributed by atoms with E-state index >= 15 is 0 Å². The molecule has 0 amide bonds. The Balaban J connectivity index is 1.82. The minimum Gasteiger partial charge on any atom is -0.357 e. The summed E-state index contributed by atoms with van der Waals surface area (Å²) in [7, 11) is 0. The summed E-state index contributed by atoms with van der Waals surface area (Å²) < 4.78 is 26.6. The molecule has 0 heterocycles. The Hall–Kier alpha value is -1.65. The normalized spacial score (nSPS) is 15.2. The molecule has 3 nitrogen and oxygen atoms in total. The van der Waals surface area contributed by atoms with Crippen molar-refractivity contribution in [1.29, 1.82) is 0 Å². The molecule has 5 heteroatoms. The van der Waals surface area contributed by atoms with Crippen molar-refractivity contribution in [3.05, 3.63) is 35.4 Å². The van der Waals surface area contributed by atoms with Crippen LogP contribution in [0.1, 0.15) is 25.3 Å². The number of nitrogens with one attached hydrogen (secondary N) is 2. The Kier molecular flexibility index (Phi) is 5.32. The first-order valence-corrected chi connectivity index (χ1v) is 7.15. The van der Waals surface area contributed by atoms with Gasteiger partial charge >= 0.3 is 0 Å². The quantitative estimate of drug-likeness (QED) is 0.621. The zero-order chi connectivity index (χ0) is 14.4. The van der Waals surface area contributed by atoms with Crippen LogP contribution in [0.2, 0.25) is 0 Å². The molecule has 20 heavy (non-hydrogen) atoms. The molecule has 0 aromatic heterocycles. The number of hydrogen-bond acceptors (Lipinski definition) is 1. The summed E-state index contributed by atoms with van der Waals surface area (Å²) in [5, 5.41) is 6.30. The van der Waals surface area contributed by atoms with E-state index in [-0.39, 0.29) is 0 Å². The van der Waals surface area contributed by atoms with Crippen molar-refractivity contribution in [1.82, 2.24) is 10.6 Å². The highest BCUT2D eigenvalue weighted by molar-refractivity contribution is 5.79. The Labute approximate surface area is 118 Å². The molecule has 1 saturated carbocycles. The molecule has 1 aliphatic carbocycles. The number of nitrogens with zero attached hydrogens (tertiary/aromatic N) is 1. The molecule has 1 aromatic rings. The molecule has 110 valence electrons. The van der Waals surface area contributed by atoms with E-state index in [0.29, 0.717) is 18.5 Å². The highest BCUT2D eigenvalue weighted by atomic mass is 19.2. The monoisotopic (exact) mass is 281 g/mol. The van der Waals surface area contributed by atoms with Crippen molar-refractivity contribution in [2.75, 3.05) is 19.6 Å². The predicted octanol–water partition coefficient (Wildman–Crippen LogP) is 2.47. The second-order valence-corrected chi connectivity index (χ2v) is 5.05. The average Bonchev–Trinajstić information content (AvgIpc) is 3.25. The third-order valence-electron chi connectivity index (χ3n) is 3.27. The Morgan fingerprint density at radius 1 is 1.30 bits per heavy atom. The smallest absolute Gasteiger partial charge is 0.191 e. The summed E-state index contributed by atoms with van der Waals surface area (Å²) in [4.78, 5) is 4.47. The van der Waals surface area contributed by atoms with Crippen LogP contribution in [0.25, 0.3) is 0 Å². The molecule has 0 atom stereocenters. The van der Waals surface area contributed by atoms with Crippen molar-refractivity contribution in [3.63, 3.8) is 0 Å². The van der Waals surface area contributed by atoms with Crippen molar-refractivity contribution in [2.24, 2.45) is 10.9 Å². The molecule has 0 radical (unpaired) electrons. The molecule has 1 aromatic carbocycles. The van der Waals surface area contributed by atoms with Gasteiger partial charge in [-0.05, 0) is 43.7 Å². The zero-order valence-electron chi connectivity index (χ0n) is 11.8. The molecule has 0 spiro atoms. The molecule has 0 unspecified atom stereocenters. The predicted molar refractivity (Wildman–Crippen MR) is 76.8 cm³/mol. The lowest BCUT2D eigenvalue weighted by Crippen LogP contribution is -2.38. The van der Waals surface area contributed by atoms with Gasteiger partial charge in [0.1, 0.15) is 0 Å². The van der Waals surface area contributed by atoms with E-state index in [2.05, 4.69) is 15.6 Å². The molecule has 1 aliphatic rings. The molecule has 0 saturated heterocycles. The number of hydrogen-bond donors (Lipinski definition) is 2. The standard InChI is InChI=1S/C15H21F2N3/c1-2-18-15(20-10-11-6-7-11)19-9-8-12-4-3-5-13(16)14(12)17/h3-5,11H,2,6-10H2,1H3,(H2,18,19,20). The number of halogens is 2. The summed E-state index contributed by atoms with van der Waals surface area (Å²) in [5.41, 5.74) is 0.385. The maximum atomic E-state index is 13.5. The van der Waals surface area contributed by atoms with Crippen LogP contribution in [0, 0.1) is 17.6 Å². The molecule has 2 N–H and O–H groups in total. The first kappa shape index (κ1) is 14.8. The van der Waals surface area contributed by atoms with Gasteiger partial charge in [0.15, 0.2) is 17.6 Å². The van der Waals surface area contributed by atoms with Crippen LogP contribution in [0.4, 0.5) is 8.78 Å². The Bertz CT molecular complexity index is 470. The maximum absolute atomic E-state index is 13.5. The van der Waals surface area contributed by atoms with Crippen molar-refractivity contribution < 1.29 is 8.78 Å². The number of rotatable bonds is 6. The first-order valence-electron chi connectivity index (χ1n) is 7.15. The SMILES string of the molecule is CCNC(=NCC1CC1)NCCc1cccc(F)c1F. The van der Waals surface area contributed by atoms with Gasteiger partial charge in [-0.3, -0.25) is 4.99 Å². The molecule has 0 bridgehead atoms. The van der Waals surface area contributed by atoms with Gasteiger partial charge in [-0.15, -0.1) is 0 Å². The fourth-order valence-corrected chi connectivity index (χ4v) is 1.92. The van der Waals surface area contributed by atoms with Crippen LogP contribution < -0.4 is 10.6 Å². The summed E-state index contributed by atoms with van der Waals surface area (Å²) in [6, 6.07) is 4.27. The summed E-state index contributed by atoms with van der Waals surface area (Å²) in [5.74, 6) is -0.0756. The first-order chi connectivity index (χ1) is 9.70. The lowest BCUT2D eigenvalue weighted by Gasteiger charge is -2.11. The molecular weight excluding hydrogens is 260 g/mol. The third-order valence-corrected chi connectivity index (χ3v) is 3.27. The van der Waals surface area contributed by atoms with Gasteiger partial charge in [0.2, 0.25) is 0 Å². The summed E-state index contributed by atoms with van der Waals surface area (Å²) >= 11 is 0. The van der Waals surface area contributed by atoms with Gasteiger partial charge < -0.3 is 10.6 Å². The van der Waals surface area contributed by atoms with Gasteiger partial charge in [-0.2, -0.15) is 0 Å². The van der Waals surface area contributed by atoms with E-state index in [4.69, 9.17) is 0 Å². The van der Waals surface area contributed by atoms with Gasteiger partial charge in [0.25, 0.3) is 0 Å². The zero-order valence-corrected chi connectivity index (χ0v) is 11.8. The second-order valence-electron chi connectivity index (χ2n) is 5.05. The largest absolute Gasteiger partial charge is 0.357 e. The number of aliphatic imine (C=N–C) groups is 1. The van der Waals surface area contributed by atoms with E-state index in [0.717, 1.165) is 31.0 Å². The topological polar surface area (TPSA) is 36.4 Å². The number of guanidine groups is 1. The van der Waals surface area contributed by atoms with Gasteiger partial charge in [-0.25, -0.2) is 8.78 Å². The van der Waals surface area contributed by atoms with Crippen LogP contribution in [0.5, 0.6) is 0 Å². The number of benzene rings is 1. The van der Waals surface area contributed by atoms with Crippen LogP contribution in [-0.2, 0) is 6.42 Å². The molecule has 0 aliphatic heterocycles. The fourth-order valence-electron chi connectivity index (χ4n) is 1.92. The third kappa shape index (κ3) is 4.47. The molecule has 2 rings (SSSR count). The molecule has 1 fully saturated rings. The highest BCUT2D eigenvalue weighted by Crippen LogP contribution is 2.28. The van der Waals surface area contributed by atoms with E-state index in [1.165, 1.54) is 18.9 Å². The highest BCUT2D eigenvalue weighted by Gasteiger charge is 2.20. The lowest BCUT2D eigenvalue weighted by atomic mass is 10.1. The van der Waals surface area contributed by atoms with Gasteiger partial charge in [-0.1, -0.05) is 12.1 Å². The van der Waals surface area contributed by atoms with E-state index in [9.17, 15) is 8.78 Å². The maximum Gasteiger partial charge on any atom is 0.191 e. The minimum absolute atomic E-state index is 0.385. The lowest BCUT2D eigenvalue weighted by molar-refractivity contribution is 0.498. The summed E-state index contributed by atoms with van der Waals surface area (Å²) in [6.07, 6.45) is 2.95. The Morgan fingerprint density at radius 3 is 2.80 bits per heavy atom. The second kappa shape index (κ2) is 7.22. The average molecular weight is 281 g/mol. The van der Waals surface area contributed by atoms with Gasteiger partial charge in [0.05, 0.1) is 0 Å². The van der Waals surface area contributed by atoms with Crippen LogP contribution in [0.15, 0.2) is 23.2 Å². The van der Waals surface area contributed by atoms with Crippen molar-refractivity contribution >= 4 is 5.96 Å². The van der Waals surface area contributed by atoms with Crippen LogP contribution in [0.3, 0.4) is 0 Å². The van der Waals surface area contributed by atoms with E-state index in [1.807, 2.05) is 6.92 Å². The van der Waals surface area contributed by atoms with E-state index in [1.54, 1.807) is 6.07 Å². The molecular formula is C15H21F2N3. The van der Waals surface area contributed by atoms with Gasteiger partial charge in [0, 0.05) is 19.6 Å². The van der Waals surface area contributed by atoms with Crippen molar-refractivity contribution in [3.8, 4) is 0 Å². The van der Waals surface area contributed by atoms with Crippen LogP contribution >= 0.6 is 0 Å². The summed E-state index contributed by atoms with van der Waals surface area (Å²) in [6.45, 7) is 4.14. The van der Waals surface area contributed by atoms with Crippen LogP contribution in [-0.4, -0.2) is 25.6 Å². The minimum atomic E-state index is -0.795. The fraction of sp³-hybridized carbons (Fsp3) is 0.533. The van der Waals surface area contributed by atoms with Crippen molar-refractivity contribution in [2.45, 2.75) is 26.2 Å².